The lowest BCUT2D eigenvalue weighted by atomic mass is 10.1. The molecule has 1 aliphatic heterocycles. The summed E-state index contributed by atoms with van der Waals surface area (Å²) in [5.74, 6) is -0.175. The van der Waals surface area contributed by atoms with E-state index < -0.39 is 6.43 Å². The van der Waals surface area contributed by atoms with E-state index >= 15 is 0 Å². The Bertz CT molecular complexity index is 442. The van der Waals surface area contributed by atoms with Crippen LogP contribution in [-0.4, -0.2) is 36.5 Å². The number of carbonyl (C=O) groups excluding carboxylic acids is 1. The van der Waals surface area contributed by atoms with Crippen molar-refractivity contribution in [1.29, 1.82) is 0 Å². The van der Waals surface area contributed by atoms with Gasteiger partial charge < -0.3 is 10.2 Å². The standard InChI is InChI=1S/C13H16F2N2O.ClH/c1-9-8-17(6-5-16-9)13(18)11-4-2-3-10(7-11)12(14)15;/h2-4,7,9,12,16H,5-6,8H2,1H3;1H/t9-;/m1./s1. The van der Waals surface area contributed by atoms with Crippen LogP contribution in [0.15, 0.2) is 24.3 Å². The van der Waals surface area contributed by atoms with Crippen molar-refractivity contribution in [3.63, 3.8) is 0 Å². The monoisotopic (exact) mass is 290 g/mol. The lowest BCUT2D eigenvalue weighted by Gasteiger charge is -2.32. The maximum Gasteiger partial charge on any atom is 0.263 e. The summed E-state index contributed by atoms with van der Waals surface area (Å²) in [6.07, 6.45) is -2.54. The van der Waals surface area contributed by atoms with Gasteiger partial charge in [0.2, 0.25) is 0 Å². The van der Waals surface area contributed by atoms with Gasteiger partial charge in [0, 0.05) is 36.8 Å². The molecule has 0 spiro atoms. The van der Waals surface area contributed by atoms with Gasteiger partial charge in [-0.25, -0.2) is 8.78 Å². The molecule has 106 valence electrons. The van der Waals surface area contributed by atoms with Gasteiger partial charge in [0.25, 0.3) is 12.3 Å². The molecule has 1 saturated heterocycles. The molecule has 1 amide bonds. The number of nitrogens with zero attached hydrogens (tertiary/aromatic N) is 1. The Labute approximate surface area is 117 Å². The molecule has 2 rings (SSSR count). The molecule has 1 aliphatic rings. The molecule has 1 aromatic carbocycles. The van der Waals surface area contributed by atoms with Gasteiger partial charge in [0.05, 0.1) is 0 Å². The van der Waals surface area contributed by atoms with Crippen LogP contribution >= 0.6 is 12.4 Å². The van der Waals surface area contributed by atoms with Crippen molar-refractivity contribution in [1.82, 2.24) is 10.2 Å². The van der Waals surface area contributed by atoms with Gasteiger partial charge in [-0.1, -0.05) is 12.1 Å². The van der Waals surface area contributed by atoms with Crippen molar-refractivity contribution < 1.29 is 13.6 Å². The topological polar surface area (TPSA) is 32.3 Å². The predicted octanol–water partition coefficient (Wildman–Crippen LogP) is 2.48. The Hall–Kier alpha value is -1.20. The molecule has 1 heterocycles. The third kappa shape index (κ3) is 3.88. The number of rotatable bonds is 2. The molecule has 19 heavy (non-hydrogen) atoms. The van der Waals surface area contributed by atoms with E-state index in [1.54, 1.807) is 11.0 Å². The first kappa shape index (κ1) is 15.9. The summed E-state index contributed by atoms with van der Waals surface area (Å²) < 4.78 is 25.2. The first-order valence-corrected chi connectivity index (χ1v) is 5.98. The summed E-state index contributed by atoms with van der Waals surface area (Å²) in [7, 11) is 0. The normalized spacial score (nSPS) is 19.2. The number of alkyl halides is 2. The average Bonchev–Trinajstić information content (AvgIpc) is 2.38. The van der Waals surface area contributed by atoms with E-state index in [0.717, 1.165) is 6.54 Å². The van der Waals surface area contributed by atoms with E-state index in [2.05, 4.69) is 5.32 Å². The van der Waals surface area contributed by atoms with Crippen LogP contribution in [0.5, 0.6) is 0 Å². The first-order valence-electron chi connectivity index (χ1n) is 5.98. The minimum atomic E-state index is -2.54. The SMILES string of the molecule is C[C@@H]1CN(C(=O)c2cccc(C(F)F)c2)CCN1.Cl. The Balaban J connectivity index is 0.00000180. The lowest BCUT2D eigenvalue weighted by Crippen LogP contribution is -2.51. The van der Waals surface area contributed by atoms with E-state index in [1.165, 1.54) is 18.2 Å². The van der Waals surface area contributed by atoms with Gasteiger partial charge in [-0.05, 0) is 19.1 Å². The number of benzene rings is 1. The van der Waals surface area contributed by atoms with E-state index in [4.69, 9.17) is 0 Å². The number of piperazine rings is 1. The van der Waals surface area contributed by atoms with Gasteiger partial charge in [-0.2, -0.15) is 0 Å². The van der Waals surface area contributed by atoms with Crippen molar-refractivity contribution in [3.8, 4) is 0 Å². The summed E-state index contributed by atoms with van der Waals surface area (Å²) in [5, 5.41) is 3.23. The highest BCUT2D eigenvalue weighted by atomic mass is 35.5. The Morgan fingerprint density at radius 2 is 2.21 bits per heavy atom. The lowest BCUT2D eigenvalue weighted by molar-refractivity contribution is 0.0708. The highest BCUT2D eigenvalue weighted by Crippen LogP contribution is 2.20. The third-order valence-corrected chi connectivity index (χ3v) is 3.04. The number of halogens is 3. The summed E-state index contributed by atoms with van der Waals surface area (Å²) in [6.45, 7) is 3.95. The van der Waals surface area contributed by atoms with E-state index in [1.807, 2.05) is 6.92 Å². The van der Waals surface area contributed by atoms with Crippen LogP contribution in [0.1, 0.15) is 29.3 Å². The van der Waals surface area contributed by atoms with Gasteiger partial charge in [-0.3, -0.25) is 4.79 Å². The quantitative estimate of drug-likeness (QED) is 0.907. The van der Waals surface area contributed by atoms with Crippen molar-refractivity contribution in [3.05, 3.63) is 35.4 Å². The minimum Gasteiger partial charge on any atom is -0.336 e. The van der Waals surface area contributed by atoms with E-state index in [-0.39, 0.29) is 29.9 Å². The van der Waals surface area contributed by atoms with Crippen LogP contribution in [0.3, 0.4) is 0 Å². The van der Waals surface area contributed by atoms with Crippen LogP contribution in [-0.2, 0) is 0 Å². The molecule has 6 heteroatoms. The molecule has 3 nitrogen and oxygen atoms in total. The number of carbonyl (C=O) groups is 1. The molecule has 0 saturated carbocycles. The Morgan fingerprint density at radius 1 is 1.47 bits per heavy atom. The van der Waals surface area contributed by atoms with Crippen LogP contribution in [0, 0.1) is 0 Å². The fourth-order valence-electron chi connectivity index (χ4n) is 2.11. The van der Waals surface area contributed by atoms with E-state index in [9.17, 15) is 13.6 Å². The maximum absolute atomic E-state index is 12.6. The van der Waals surface area contributed by atoms with Crippen LogP contribution in [0.25, 0.3) is 0 Å². The number of amides is 1. The highest BCUT2D eigenvalue weighted by molar-refractivity contribution is 5.94. The molecule has 0 radical (unpaired) electrons. The number of hydrogen-bond donors (Lipinski definition) is 1. The van der Waals surface area contributed by atoms with Crippen molar-refractivity contribution in [2.24, 2.45) is 0 Å². The van der Waals surface area contributed by atoms with Crippen molar-refractivity contribution in [2.45, 2.75) is 19.4 Å². The van der Waals surface area contributed by atoms with Gasteiger partial charge >= 0.3 is 0 Å². The minimum absolute atomic E-state index is 0. The zero-order valence-electron chi connectivity index (χ0n) is 10.6. The molecule has 1 N–H and O–H groups in total. The van der Waals surface area contributed by atoms with Crippen LogP contribution in [0.4, 0.5) is 8.78 Å². The van der Waals surface area contributed by atoms with E-state index in [0.29, 0.717) is 18.7 Å². The molecule has 0 unspecified atom stereocenters. The van der Waals surface area contributed by atoms with Crippen LogP contribution in [0.2, 0.25) is 0 Å². The molecular formula is C13H17ClF2N2O. The maximum atomic E-state index is 12.6. The zero-order valence-corrected chi connectivity index (χ0v) is 11.4. The zero-order chi connectivity index (χ0) is 13.1. The van der Waals surface area contributed by atoms with Crippen molar-refractivity contribution >= 4 is 18.3 Å². The molecular weight excluding hydrogens is 274 g/mol. The third-order valence-electron chi connectivity index (χ3n) is 3.04. The average molecular weight is 291 g/mol. The van der Waals surface area contributed by atoms with Gasteiger partial charge in [-0.15, -0.1) is 12.4 Å². The predicted molar refractivity (Wildman–Crippen MR) is 72.0 cm³/mol. The first-order chi connectivity index (χ1) is 8.58. The number of nitrogens with one attached hydrogen (secondary N) is 1. The van der Waals surface area contributed by atoms with Gasteiger partial charge in [0.15, 0.2) is 0 Å². The Morgan fingerprint density at radius 3 is 2.84 bits per heavy atom. The highest BCUT2D eigenvalue weighted by Gasteiger charge is 2.22. The number of hydrogen-bond acceptors (Lipinski definition) is 2. The van der Waals surface area contributed by atoms with Gasteiger partial charge in [0.1, 0.15) is 0 Å². The second-order valence-electron chi connectivity index (χ2n) is 4.53. The second-order valence-corrected chi connectivity index (χ2v) is 4.53. The molecule has 1 fully saturated rings. The summed E-state index contributed by atoms with van der Waals surface area (Å²) in [5.41, 5.74) is 0.228. The molecule has 1 atom stereocenters. The largest absolute Gasteiger partial charge is 0.336 e. The molecule has 0 aliphatic carbocycles. The molecule has 0 aromatic heterocycles. The fourth-order valence-corrected chi connectivity index (χ4v) is 2.11. The fraction of sp³-hybridized carbons (Fsp3) is 0.462. The van der Waals surface area contributed by atoms with Crippen LogP contribution < -0.4 is 5.32 Å². The molecule has 0 bridgehead atoms. The summed E-state index contributed by atoms with van der Waals surface area (Å²) in [6, 6.07) is 5.93. The van der Waals surface area contributed by atoms with Crippen molar-refractivity contribution in [2.75, 3.05) is 19.6 Å². The molecule has 1 aromatic rings. The second kappa shape index (κ2) is 6.82. The Kier molecular flexibility index (Phi) is 5.69. The smallest absolute Gasteiger partial charge is 0.263 e. The summed E-state index contributed by atoms with van der Waals surface area (Å²) in [4.78, 5) is 13.9. The summed E-state index contributed by atoms with van der Waals surface area (Å²) >= 11 is 0.